The first-order valence-corrected chi connectivity index (χ1v) is 7.62. The van der Waals surface area contributed by atoms with Gasteiger partial charge in [0.2, 0.25) is 0 Å². The lowest BCUT2D eigenvalue weighted by atomic mass is 10.1. The summed E-state index contributed by atoms with van der Waals surface area (Å²) in [6.45, 7) is 1.18. The Kier molecular flexibility index (Phi) is 6.70. The van der Waals surface area contributed by atoms with Gasteiger partial charge in [0.15, 0.2) is 0 Å². The maximum atomic E-state index is 11.4. The molecule has 1 aliphatic heterocycles. The number of esters is 1. The van der Waals surface area contributed by atoms with Gasteiger partial charge < -0.3 is 14.2 Å². The summed E-state index contributed by atoms with van der Waals surface area (Å²) in [5.74, 6) is -0.203. The van der Waals surface area contributed by atoms with Crippen LogP contribution in [-0.4, -0.2) is 31.9 Å². The van der Waals surface area contributed by atoms with E-state index in [1.165, 1.54) is 7.11 Å². The van der Waals surface area contributed by atoms with Gasteiger partial charge in [0, 0.05) is 0 Å². The molecule has 0 radical (unpaired) electrons. The normalized spacial score (nSPS) is 22.5. The summed E-state index contributed by atoms with van der Waals surface area (Å²) in [4.78, 5) is 11.4. The third-order valence-electron chi connectivity index (χ3n) is 3.72. The molecule has 0 bridgehead atoms. The lowest BCUT2D eigenvalue weighted by Gasteiger charge is -2.21. The van der Waals surface area contributed by atoms with Crippen molar-refractivity contribution in [2.24, 2.45) is 0 Å². The molecule has 116 valence electrons. The average molecular weight is 292 g/mol. The van der Waals surface area contributed by atoms with Crippen molar-refractivity contribution in [2.45, 2.75) is 50.9 Å². The van der Waals surface area contributed by atoms with Gasteiger partial charge in [-0.1, -0.05) is 43.2 Å². The minimum Gasteiger partial charge on any atom is -0.469 e. The van der Waals surface area contributed by atoms with Crippen molar-refractivity contribution < 1.29 is 19.0 Å². The fourth-order valence-electron chi connectivity index (χ4n) is 2.58. The summed E-state index contributed by atoms with van der Waals surface area (Å²) in [7, 11) is 1.42. The molecule has 1 aromatic carbocycles. The van der Waals surface area contributed by atoms with Gasteiger partial charge in [0.25, 0.3) is 0 Å². The van der Waals surface area contributed by atoms with E-state index in [2.05, 4.69) is 0 Å². The average Bonchev–Trinajstić information content (AvgIpc) is 2.73. The third kappa shape index (κ3) is 5.86. The highest BCUT2D eigenvalue weighted by Gasteiger charge is 2.23. The summed E-state index contributed by atoms with van der Waals surface area (Å²) in [5, 5.41) is 0. The Labute approximate surface area is 126 Å². The number of hydrogen-bond acceptors (Lipinski definition) is 4. The standard InChI is InChI=1S/C17H24O4/c1-19-17(18)11-15-9-5-6-10-16(21-15)13-20-12-14-7-3-2-4-8-14/h2-4,7-8,15-16H,5-6,9-13H2,1H3/t15-,16-/m0/s1. The zero-order valence-corrected chi connectivity index (χ0v) is 12.6. The summed E-state index contributed by atoms with van der Waals surface area (Å²) in [6, 6.07) is 10.1. The topological polar surface area (TPSA) is 44.8 Å². The molecule has 1 saturated heterocycles. The lowest BCUT2D eigenvalue weighted by molar-refractivity contribution is -0.146. The van der Waals surface area contributed by atoms with Gasteiger partial charge in [0.05, 0.1) is 39.0 Å². The highest BCUT2D eigenvalue weighted by atomic mass is 16.5. The molecule has 4 nitrogen and oxygen atoms in total. The first-order chi connectivity index (χ1) is 10.3. The Morgan fingerprint density at radius 2 is 1.90 bits per heavy atom. The van der Waals surface area contributed by atoms with Gasteiger partial charge in [0.1, 0.15) is 0 Å². The number of carbonyl (C=O) groups is 1. The molecule has 2 atom stereocenters. The van der Waals surface area contributed by atoms with Gasteiger partial charge >= 0.3 is 5.97 Å². The molecule has 1 fully saturated rings. The molecule has 4 heteroatoms. The van der Waals surface area contributed by atoms with E-state index >= 15 is 0 Å². The van der Waals surface area contributed by atoms with E-state index in [1.807, 2.05) is 30.3 Å². The van der Waals surface area contributed by atoms with E-state index in [9.17, 15) is 4.79 Å². The van der Waals surface area contributed by atoms with Crippen LogP contribution in [0.1, 0.15) is 37.7 Å². The van der Waals surface area contributed by atoms with Crippen LogP contribution in [0.3, 0.4) is 0 Å². The Morgan fingerprint density at radius 1 is 1.19 bits per heavy atom. The van der Waals surface area contributed by atoms with Crippen molar-refractivity contribution in [2.75, 3.05) is 13.7 Å². The van der Waals surface area contributed by atoms with Gasteiger partial charge in [-0.15, -0.1) is 0 Å². The second-order valence-corrected chi connectivity index (χ2v) is 5.45. The van der Waals surface area contributed by atoms with E-state index in [0.717, 1.165) is 31.2 Å². The lowest BCUT2D eigenvalue weighted by Crippen LogP contribution is -2.26. The summed E-state index contributed by atoms with van der Waals surface area (Å²) < 4.78 is 16.5. The van der Waals surface area contributed by atoms with Crippen molar-refractivity contribution in [1.82, 2.24) is 0 Å². The molecule has 0 N–H and O–H groups in total. The molecule has 0 saturated carbocycles. The monoisotopic (exact) mass is 292 g/mol. The van der Waals surface area contributed by atoms with Crippen LogP contribution >= 0.6 is 0 Å². The summed E-state index contributed by atoms with van der Waals surface area (Å²) >= 11 is 0. The van der Waals surface area contributed by atoms with E-state index in [-0.39, 0.29) is 18.2 Å². The second kappa shape index (κ2) is 8.80. The first-order valence-electron chi connectivity index (χ1n) is 7.62. The number of hydrogen-bond donors (Lipinski definition) is 0. The van der Waals surface area contributed by atoms with Crippen LogP contribution in [0.4, 0.5) is 0 Å². The van der Waals surface area contributed by atoms with Crippen molar-refractivity contribution in [3.63, 3.8) is 0 Å². The highest BCUT2D eigenvalue weighted by molar-refractivity contribution is 5.69. The minimum absolute atomic E-state index is 0.0368. The first kappa shape index (κ1) is 16.0. The Hall–Kier alpha value is -1.39. The van der Waals surface area contributed by atoms with Gasteiger partial charge in [-0.2, -0.15) is 0 Å². The maximum absolute atomic E-state index is 11.4. The molecule has 1 heterocycles. The van der Waals surface area contributed by atoms with E-state index < -0.39 is 0 Å². The van der Waals surface area contributed by atoms with Gasteiger partial charge in [-0.3, -0.25) is 4.79 Å². The molecular weight excluding hydrogens is 268 g/mol. The van der Waals surface area contributed by atoms with Gasteiger partial charge in [-0.05, 0) is 18.4 Å². The summed E-state index contributed by atoms with van der Waals surface area (Å²) in [6.07, 6.45) is 4.51. The van der Waals surface area contributed by atoms with Crippen molar-refractivity contribution in [3.05, 3.63) is 35.9 Å². The Balaban J connectivity index is 1.74. The van der Waals surface area contributed by atoms with E-state index in [1.54, 1.807) is 0 Å². The molecule has 0 amide bonds. The smallest absolute Gasteiger partial charge is 0.308 e. The molecular formula is C17H24O4. The second-order valence-electron chi connectivity index (χ2n) is 5.45. The zero-order valence-electron chi connectivity index (χ0n) is 12.6. The van der Waals surface area contributed by atoms with Crippen LogP contribution in [0, 0.1) is 0 Å². The number of carbonyl (C=O) groups excluding carboxylic acids is 1. The molecule has 1 aromatic rings. The molecule has 2 rings (SSSR count). The highest BCUT2D eigenvalue weighted by Crippen LogP contribution is 2.21. The maximum Gasteiger partial charge on any atom is 0.308 e. The molecule has 0 unspecified atom stereocenters. The number of benzene rings is 1. The minimum atomic E-state index is -0.203. The SMILES string of the molecule is COC(=O)C[C@@H]1CCCC[C@@H](COCc2ccccc2)O1. The predicted molar refractivity (Wildman–Crippen MR) is 79.9 cm³/mol. The molecule has 0 aromatic heterocycles. The van der Waals surface area contributed by atoms with Crippen LogP contribution in [0.2, 0.25) is 0 Å². The third-order valence-corrected chi connectivity index (χ3v) is 3.72. The molecule has 0 spiro atoms. The quantitative estimate of drug-likeness (QED) is 0.756. The van der Waals surface area contributed by atoms with Crippen LogP contribution in [0.15, 0.2) is 30.3 Å². The van der Waals surface area contributed by atoms with E-state index in [4.69, 9.17) is 14.2 Å². The zero-order chi connectivity index (χ0) is 14.9. The van der Waals surface area contributed by atoms with Crippen LogP contribution in [0.5, 0.6) is 0 Å². The van der Waals surface area contributed by atoms with Crippen molar-refractivity contribution in [1.29, 1.82) is 0 Å². The molecule has 1 aliphatic rings. The fraction of sp³-hybridized carbons (Fsp3) is 0.588. The van der Waals surface area contributed by atoms with Crippen molar-refractivity contribution >= 4 is 5.97 Å². The number of ether oxygens (including phenoxy) is 3. The predicted octanol–water partition coefficient (Wildman–Crippen LogP) is 3.09. The van der Waals surface area contributed by atoms with Crippen molar-refractivity contribution in [3.8, 4) is 0 Å². The Bertz CT molecular complexity index is 418. The fourth-order valence-corrected chi connectivity index (χ4v) is 2.58. The molecule has 21 heavy (non-hydrogen) atoms. The molecule has 0 aliphatic carbocycles. The summed E-state index contributed by atoms with van der Waals surface area (Å²) in [5.41, 5.74) is 1.16. The van der Waals surface area contributed by atoms with Gasteiger partial charge in [-0.25, -0.2) is 0 Å². The van der Waals surface area contributed by atoms with Crippen LogP contribution in [-0.2, 0) is 25.6 Å². The van der Waals surface area contributed by atoms with E-state index in [0.29, 0.717) is 19.6 Å². The number of rotatable bonds is 6. The van der Waals surface area contributed by atoms with Crippen LogP contribution < -0.4 is 0 Å². The number of methoxy groups -OCH3 is 1. The Morgan fingerprint density at radius 3 is 2.62 bits per heavy atom. The van der Waals surface area contributed by atoms with Crippen LogP contribution in [0.25, 0.3) is 0 Å². The largest absolute Gasteiger partial charge is 0.469 e.